The Labute approximate surface area is 361 Å². The molecule has 0 saturated heterocycles. The summed E-state index contributed by atoms with van der Waals surface area (Å²) in [6.45, 7) is 0. The number of hydrogen-bond acceptors (Lipinski definition) is 5. The Morgan fingerprint density at radius 2 is 0.921 bits per heavy atom. The van der Waals surface area contributed by atoms with Crippen LogP contribution in [0.2, 0.25) is 0 Å². The van der Waals surface area contributed by atoms with Gasteiger partial charge in [-0.2, -0.15) is 9.97 Å². The Kier molecular flexibility index (Phi) is 7.80. The summed E-state index contributed by atoms with van der Waals surface area (Å²) >= 11 is 0. The second kappa shape index (κ2) is 14.0. The lowest BCUT2D eigenvalue weighted by Gasteiger charge is -2.13. The number of rotatable bonds is 6. The second-order valence-electron chi connectivity index (χ2n) is 16.0. The standard InChI is InChI=1S/C57H34N4O2/c1-4-15-35(16-5-1)39-31-40(36-17-6-2-7-18-36)33-41(32-39)56-58-55(38-27-28-47-51(34-38)62-50-26-14-23-42(52(47)50)37-19-8-3-9-20-37)59-57(60-56)61-48-24-12-10-21-43(48)45-29-30-46-44-22-11-13-25-49(44)63-54(46)53(45)61/h1-34H. The first kappa shape index (κ1) is 35.2. The maximum Gasteiger partial charge on any atom is 0.238 e. The molecular weight excluding hydrogens is 773 g/mol. The molecule has 0 amide bonds. The molecule has 13 aromatic rings. The average Bonchev–Trinajstić information content (AvgIpc) is 4.04. The van der Waals surface area contributed by atoms with Crippen molar-refractivity contribution in [2.45, 2.75) is 0 Å². The molecule has 0 saturated carbocycles. The Morgan fingerprint density at radius 1 is 0.333 bits per heavy atom. The number of furan rings is 2. The maximum atomic E-state index is 6.73. The highest BCUT2D eigenvalue weighted by atomic mass is 16.3. The van der Waals surface area contributed by atoms with Gasteiger partial charge in [-0.25, -0.2) is 4.98 Å². The van der Waals surface area contributed by atoms with Crippen molar-refractivity contribution < 1.29 is 8.83 Å². The van der Waals surface area contributed by atoms with Crippen LogP contribution < -0.4 is 0 Å². The zero-order valence-electron chi connectivity index (χ0n) is 33.7. The van der Waals surface area contributed by atoms with Crippen molar-refractivity contribution >= 4 is 65.7 Å². The minimum absolute atomic E-state index is 0.483. The van der Waals surface area contributed by atoms with Gasteiger partial charge < -0.3 is 8.83 Å². The summed E-state index contributed by atoms with van der Waals surface area (Å²) in [5, 5.41) is 6.33. The number of para-hydroxylation sites is 2. The van der Waals surface area contributed by atoms with Gasteiger partial charge in [-0.05, 0) is 88.0 Å². The molecule has 0 aliphatic carbocycles. The third-order valence-corrected chi connectivity index (χ3v) is 12.2. The van der Waals surface area contributed by atoms with E-state index in [4.69, 9.17) is 23.8 Å². The van der Waals surface area contributed by atoms with E-state index in [1.807, 2.05) is 36.4 Å². The van der Waals surface area contributed by atoms with Gasteiger partial charge in [0.25, 0.3) is 0 Å². The Balaban J connectivity index is 1.10. The van der Waals surface area contributed by atoms with Gasteiger partial charge in [0, 0.05) is 43.4 Å². The van der Waals surface area contributed by atoms with Gasteiger partial charge in [0.1, 0.15) is 22.3 Å². The van der Waals surface area contributed by atoms with E-state index < -0.39 is 0 Å². The number of hydrogen-bond donors (Lipinski definition) is 0. The Bertz CT molecular complexity index is 3850. The normalized spacial score (nSPS) is 11.8. The van der Waals surface area contributed by atoms with Crippen LogP contribution in [0.1, 0.15) is 0 Å². The zero-order valence-corrected chi connectivity index (χ0v) is 33.7. The number of benzene rings is 9. The summed E-state index contributed by atoms with van der Waals surface area (Å²) in [4.78, 5) is 16.1. The third kappa shape index (κ3) is 5.69. The van der Waals surface area contributed by atoms with Crippen LogP contribution in [0.25, 0.3) is 128 Å². The summed E-state index contributed by atoms with van der Waals surface area (Å²) < 4.78 is 15.5. The van der Waals surface area contributed by atoms with Crippen molar-refractivity contribution in [2.24, 2.45) is 0 Å². The minimum atomic E-state index is 0.483. The van der Waals surface area contributed by atoms with E-state index in [-0.39, 0.29) is 0 Å². The van der Waals surface area contributed by atoms with Gasteiger partial charge in [-0.3, -0.25) is 4.57 Å². The molecule has 4 heterocycles. The van der Waals surface area contributed by atoms with Gasteiger partial charge >= 0.3 is 0 Å². The summed E-state index contributed by atoms with van der Waals surface area (Å²) in [7, 11) is 0. The van der Waals surface area contributed by atoms with Gasteiger partial charge in [-0.1, -0.05) is 152 Å². The topological polar surface area (TPSA) is 69.9 Å². The van der Waals surface area contributed by atoms with Crippen LogP contribution in [0.15, 0.2) is 215 Å². The molecule has 6 heteroatoms. The Hall–Kier alpha value is -8.61. The van der Waals surface area contributed by atoms with Gasteiger partial charge in [0.2, 0.25) is 5.95 Å². The van der Waals surface area contributed by atoms with Crippen molar-refractivity contribution in [3.8, 4) is 62.1 Å². The van der Waals surface area contributed by atoms with E-state index in [9.17, 15) is 0 Å². The molecule has 0 bridgehead atoms. The van der Waals surface area contributed by atoms with E-state index in [2.05, 4.69) is 174 Å². The molecular formula is C57H34N4O2. The molecule has 6 nitrogen and oxygen atoms in total. The highest BCUT2D eigenvalue weighted by Gasteiger charge is 2.23. The molecule has 0 radical (unpaired) electrons. The summed E-state index contributed by atoms with van der Waals surface area (Å²) in [6, 6.07) is 71.5. The number of nitrogens with zero attached hydrogens (tertiary/aromatic N) is 4. The van der Waals surface area contributed by atoms with Crippen molar-refractivity contribution in [1.29, 1.82) is 0 Å². The maximum absolute atomic E-state index is 6.73. The number of aromatic nitrogens is 4. The predicted octanol–water partition coefficient (Wildman–Crippen LogP) is 15.1. The number of fused-ring (bicyclic) bond motifs is 10. The fourth-order valence-corrected chi connectivity index (χ4v) is 9.34. The summed E-state index contributed by atoms with van der Waals surface area (Å²) in [5.41, 5.74) is 13.3. The smallest absolute Gasteiger partial charge is 0.238 e. The lowest BCUT2D eigenvalue weighted by atomic mass is 9.96. The minimum Gasteiger partial charge on any atom is -0.456 e. The third-order valence-electron chi connectivity index (χ3n) is 12.2. The van der Waals surface area contributed by atoms with Crippen molar-refractivity contribution in [2.75, 3.05) is 0 Å². The first-order valence-electron chi connectivity index (χ1n) is 21.1. The first-order valence-corrected chi connectivity index (χ1v) is 21.1. The molecule has 0 aliphatic rings. The van der Waals surface area contributed by atoms with Crippen LogP contribution >= 0.6 is 0 Å². The molecule has 0 fully saturated rings. The van der Waals surface area contributed by atoms with Crippen LogP contribution in [0.5, 0.6) is 0 Å². The van der Waals surface area contributed by atoms with E-state index in [1.54, 1.807) is 0 Å². The average molecular weight is 807 g/mol. The van der Waals surface area contributed by atoms with E-state index in [0.29, 0.717) is 17.6 Å². The van der Waals surface area contributed by atoms with Crippen LogP contribution in [0, 0.1) is 0 Å². The van der Waals surface area contributed by atoms with Crippen LogP contribution in [0.3, 0.4) is 0 Å². The molecule has 0 N–H and O–H groups in total. The molecule has 0 spiro atoms. The summed E-state index contributed by atoms with van der Waals surface area (Å²) in [6.07, 6.45) is 0. The van der Waals surface area contributed by atoms with E-state index >= 15 is 0 Å². The van der Waals surface area contributed by atoms with Crippen LogP contribution in [-0.4, -0.2) is 19.5 Å². The largest absolute Gasteiger partial charge is 0.456 e. The van der Waals surface area contributed by atoms with Crippen molar-refractivity contribution in [3.63, 3.8) is 0 Å². The van der Waals surface area contributed by atoms with E-state index in [1.165, 1.54) is 0 Å². The molecule has 63 heavy (non-hydrogen) atoms. The van der Waals surface area contributed by atoms with Crippen LogP contribution in [0.4, 0.5) is 0 Å². The molecule has 9 aromatic carbocycles. The fraction of sp³-hybridized carbons (Fsp3) is 0. The van der Waals surface area contributed by atoms with Crippen LogP contribution in [-0.2, 0) is 0 Å². The molecule has 0 aliphatic heterocycles. The van der Waals surface area contributed by atoms with Gasteiger partial charge in [0.15, 0.2) is 17.2 Å². The second-order valence-corrected chi connectivity index (χ2v) is 16.0. The Morgan fingerprint density at radius 3 is 1.67 bits per heavy atom. The monoisotopic (exact) mass is 806 g/mol. The fourth-order valence-electron chi connectivity index (χ4n) is 9.34. The molecule has 13 rings (SSSR count). The zero-order chi connectivity index (χ0) is 41.4. The summed E-state index contributed by atoms with van der Waals surface area (Å²) in [5.74, 6) is 1.55. The lowest BCUT2D eigenvalue weighted by Crippen LogP contribution is -2.06. The molecule has 294 valence electrons. The van der Waals surface area contributed by atoms with Crippen molar-refractivity contribution in [1.82, 2.24) is 19.5 Å². The highest BCUT2D eigenvalue weighted by molar-refractivity contribution is 6.21. The SMILES string of the molecule is c1ccc(-c2cc(-c3ccccc3)cc(-c3nc(-c4ccc5c(c4)oc4cccc(-c6ccccc6)c45)nc(-n4c5ccccc5c5ccc6c7ccccc7oc6c54)n3)c2)cc1. The lowest BCUT2D eigenvalue weighted by molar-refractivity contribution is 0.669. The molecule has 0 atom stereocenters. The van der Waals surface area contributed by atoms with Gasteiger partial charge in [0.05, 0.1) is 5.52 Å². The van der Waals surface area contributed by atoms with Crippen molar-refractivity contribution in [3.05, 3.63) is 206 Å². The molecule has 4 aromatic heterocycles. The quantitative estimate of drug-likeness (QED) is 0.167. The first-order chi connectivity index (χ1) is 31.2. The predicted molar refractivity (Wildman–Crippen MR) is 256 cm³/mol. The van der Waals surface area contributed by atoms with E-state index in [0.717, 1.165) is 110 Å². The molecule has 0 unspecified atom stereocenters. The highest BCUT2D eigenvalue weighted by Crippen LogP contribution is 2.42. The van der Waals surface area contributed by atoms with Gasteiger partial charge in [-0.15, -0.1) is 0 Å².